The second kappa shape index (κ2) is 12.6. The molecule has 4 rings (SSSR count). The molecule has 0 unspecified atom stereocenters. The van der Waals surface area contributed by atoms with E-state index in [4.69, 9.17) is 0 Å². The van der Waals surface area contributed by atoms with Crippen molar-refractivity contribution in [3.63, 3.8) is 0 Å². The van der Waals surface area contributed by atoms with Crippen molar-refractivity contribution in [1.82, 2.24) is 25.1 Å². The Morgan fingerprint density at radius 2 is 1.90 bits per heavy atom. The maximum Gasteiger partial charge on any atom is 0.270 e. The molecular formula is C26H27N7O4S2. The third-order valence-corrected chi connectivity index (χ3v) is 7.49. The molecule has 2 N–H and O–H groups in total. The lowest BCUT2D eigenvalue weighted by molar-refractivity contribution is -0.384. The number of anilines is 1. The average Bonchev–Trinajstić information content (AvgIpc) is 3.57. The molecule has 39 heavy (non-hydrogen) atoms. The molecule has 0 spiro atoms. The number of thiazole rings is 1. The number of hydrogen-bond acceptors (Lipinski definition) is 9. The third kappa shape index (κ3) is 6.86. The van der Waals surface area contributed by atoms with Gasteiger partial charge in [0.2, 0.25) is 5.91 Å². The molecular weight excluding hydrogens is 538 g/mol. The van der Waals surface area contributed by atoms with E-state index in [1.165, 1.54) is 35.2 Å². The van der Waals surface area contributed by atoms with Crippen LogP contribution in [0.15, 0.2) is 65.1 Å². The smallest absolute Gasteiger partial charge is 0.270 e. The van der Waals surface area contributed by atoms with Crippen LogP contribution in [0, 0.1) is 16.0 Å². The van der Waals surface area contributed by atoms with E-state index in [0.717, 1.165) is 0 Å². The van der Waals surface area contributed by atoms with E-state index < -0.39 is 4.92 Å². The number of amides is 2. The van der Waals surface area contributed by atoms with Crippen LogP contribution in [0.4, 0.5) is 10.8 Å². The molecule has 2 amide bonds. The van der Waals surface area contributed by atoms with Crippen LogP contribution in [0.2, 0.25) is 0 Å². The Hall–Kier alpha value is -4.10. The van der Waals surface area contributed by atoms with Gasteiger partial charge in [0.1, 0.15) is 0 Å². The molecule has 0 aliphatic rings. The molecule has 2 aromatic heterocycles. The van der Waals surface area contributed by atoms with Gasteiger partial charge < -0.3 is 15.2 Å². The number of nitrogens with zero attached hydrogens (tertiary/aromatic N) is 5. The van der Waals surface area contributed by atoms with Crippen LogP contribution in [0.1, 0.15) is 43.0 Å². The molecule has 0 aliphatic carbocycles. The fourth-order valence-electron chi connectivity index (χ4n) is 3.81. The summed E-state index contributed by atoms with van der Waals surface area (Å²) in [4.78, 5) is 40.4. The van der Waals surface area contributed by atoms with Crippen LogP contribution in [0.5, 0.6) is 0 Å². The second-order valence-electron chi connectivity index (χ2n) is 8.83. The van der Waals surface area contributed by atoms with Crippen LogP contribution < -0.4 is 10.6 Å². The van der Waals surface area contributed by atoms with Crippen molar-refractivity contribution in [3.8, 4) is 11.3 Å². The van der Waals surface area contributed by atoms with Crippen LogP contribution >= 0.6 is 23.1 Å². The first-order valence-corrected chi connectivity index (χ1v) is 14.0. The highest BCUT2D eigenvalue weighted by atomic mass is 32.2. The maximum absolute atomic E-state index is 12.8. The summed E-state index contributed by atoms with van der Waals surface area (Å²) in [6.45, 7) is 6.52. The summed E-state index contributed by atoms with van der Waals surface area (Å²) >= 11 is 2.47. The summed E-state index contributed by atoms with van der Waals surface area (Å²) in [6, 6.07) is 14.8. The van der Waals surface area contributed by atoms with Gasteiger partial charge in [-0.05, 0) is 25.0 Å². The highest BCUT2D eigenvalue weighted by Crippen LogP contribution is 2.28. The van der Waals surface area contributed by atoms with Gasteiger partial charge in [0, 0.05) is 35.2 Å². The number of nitro groups is 1. The Labute approximate surface area is 233 Å². The predicted octanol–water partition coefficient (Wildman–Crippen LogP) is 5.19. The molecule has 0 saturated heterocycles. The first-order valence-electron chi connectivity index (χ1n) is 12.2. The average molecular weight is 566 g/mol. The molecule has 1 atom stereocenters. The van der Waals surface area contributed by atoms with E-state index in [1.54, 1.807) is 29.6 Å². The van der Waals surface area contributed by atoms with Crippen LogP contribution in [0.25, 0.3) is 11.3 Å². The fourth-order valence-corrected chi connectivity index (χ4v) is 5.35. The molecule has 2 aromatic carbocycles. The Bertz CT molecular complexity index is 1470. The Morgan fingerprint density at radius 1 is 1.13 bits per heavy atom. The summed E-state index contributed by atoms with van der Waals surface area (Å²) in [6.07, 6.45) is 0. The van der Waals surface area contributed by atoms with Crippen molar-refractivity contribution >= 4 is 45.7 Å². The van der Waals surface area contributed by atoms with Crippen LogP contribution in [-0.4, -0.2) is 42.2 Å². The van der Waals surface area contributed by atoms with E-state index in [9.17, 15) is 19.7 Å². The Morgan fingerprint density at radius 3 is 2.59 bits per heavy atom. The molecule has 0 radical (unpaired) electrons. The standard InChI is InChI=1S/C26H27N7O4S2/c1-4-32-23(22(16(2)3)29-24(35)17-9-6-5-7-10-17)30-31-26(32)39-15-21(34)28-25-27-20(14-38-25)18-11-8-12-19(13-18)33(36)37/h5-14,16,22H,4,15H2,1-3H3,(H,29,35)(H,27,28,34)/t22-/m0/s1. The van der Waals surface area contributed by atoms with Gasteiger partial charge >= 0.3 is 0 Å². The minimum atomic E-state index is -0.461. The zero-order valence-corrected chi connectivity index (χ0v) is 23.2. The summed E-state index contributed by atoms with van der Waals surface area (Å²) in [5.74, 6) is 0.290. The minimum Gasteiger partial charge on any atom is -0.342 e. The third-order valence-electron chi connectivity index (χ3n) is 5.76. The number of thioether (sulfide) groups is 1. The van der Waals surface area contributed by atoms with Gasteiger partial charge in [-0.15, -0.1) is 21.5 Å². The number of nitro benzene ring substituents is 1. The maximum atomic E-state index is 12.8. The largest absolute Gasteiger partial charge is 0.342 e. The Balaban J connectivity index is 1.40. The molecule has 0 bridgehead atoms. The number of rotatable bonds is 11. The number of carbonyl (C=O) groups excluding carboxylic acids is 2. The van der Waals surface area contributed by atoms with Crippen LogP contribution in [0.3, 0.4) is 0 Å². The van der Waals surface area contributed by atoms with Crippen molar-refractivity contribution in [2.24, 2.45) is 5.92 Å². The number of nitrogens with one attached hydrogen (secondary N) is 2. The molecule has 0 fully saturated rings. The van der Waals surface area contributed by atoms with Gasteiger partial charge in [-0.25, -0.2) is 4.98 Å². The molecule has 13 heteroatoms. The van der Waals surface area contributed by atoms with Crippen molar-refractivity contribution in [3.05, 3.63) is 81.5 Å². The van der Waals surface area contributed by atoms with Crippen molar-refractivity contribution in [1.29, 1.82) is 0 Å². The zero-order chi connectivity index (χ0) is 27.9. The monoisotopic (exact) mass is 565 g/mol. The number of benzene rings is 2. The van der Waals surface area contributed by atoms with Crippen LogP contribution in [-0.2, 0) is 11.3 Å². The van der Waals surface area contributed by atoms with Gasteiger partial charge in [-0.1, -0.05) is 55.9 Å². The predicted molar refractivity (Wildman–Crippen MR) is 151 cm³/mol. The minimum absolute atomic E-state index is 0.0266. The van der Waals surface area contributed by atoms with Gasteiger partial charge in [-0.2, -0.15) is 0 Å². The first kappa shape index (κ1) is 27.9. The quantitative estimate of drug-likeness (QED) is 0.144. The van der Waals surface area contributed by atoms with E-state index >= 15 is 0 Å². The van der Waals surface area contributed by atoms with Gasteiger partial charge in [-0.3, -0.25) is 19.7 Å². The number of carbonyl (C=O) groups is 2. The summed E-state index contributed by atoms with van der Waals surface area (Å²) < 4.78 is 1.90. The van der Waals surface area contributed by atoms with E-state index in [2.05, 4.69) is 25.8 Å². The SMILES string of the molecule is CCn1c(SCC(=O)Nc2nc(-c3cccc([N+](=O)[O-])c3)cs2)nnc1[C@@H](NC(=O)c1ccccc1)C(C)C. The molecule has 2 heterocycles. The summed E-state index contributed by atoms with van der Waals surface area (Å²) in [5.41, 5.74) is 1.67. The van der Waals surface area contributed by atoms with E-state index in [0.29, 0.717) is 39.5 Å². The highest BCUT2D eigenvalue weighted by Gasteiger charge is 2.26. The number of non-ortho nitro benzene ring substituents is 1. The lowest BCUT2D eigenvalue weighted by Gasteiger charge is -2.22. The molecule has 0 saturated carbocycles. The van der Waals surface area contributed by atoms with Gasteiger partial charge in [0.15, 0.2) is 16.1 Å². The first-order chi connectivity index (χ1) is 18.8. The topological polar surface area (TPSA) is 145 Å². The molecule has 4 aromatic rings. The molecule has 0 aliphatic heterocycles. The summed E-state index contributed by atoms with van der Waals surface area (Å²) in [7, 11) is 0. The molecule has 202 valence electrons. The number of hydrogen-bond donors (Lipinski definition) is 2. The zero-order valence-electron chi connectivity index (χ0n) is 21.5. The van der Waals surface area contributed by atoms with E-state index in [1.807, 2.05) is 43.5 Å². The van der Waals surface area contributed by atoms with Crippen molar-refractivity contribution < 1.29 is 14.5 Å². The van der Waals surface area contributed by atoms with Crippen molar-refractivity contribution in [2.45, 2.75) is 38.5 Å². The lowest BCUT2D eigenvalue weighted by atomic mass is 10.0. The summed E-state index contributed by atoms with van der Waals surface area (Å²) in [5, 5.41) is 28.2. The second-order valence-corrected chi connectivity index (χ2v) is 10.6. The fraction of sp³-hybridized carbons (Fsp3) is 0.269. The molecule has 11 nitrogen and oxygen atoms in total. The normalized spacial score (nSPS) is 11.8. The van der Waals surface area contributed by atoms with Crippen molar-refractivity contribution in [2.75, 3.05) is 11.1 Å². The number of aromatic nitrogens is 4. The lowest BCUT2D eigenvalue weighted by Crippen LogP contribution is -2.33. The van der Waals surface area contributed by atoms with Gasteiger partial charge in [0.05, 0.1) is 22.4 Å². The van der Waals surface area contributed by atoms with E-state index in [-0.39, 0.29) is 35.2 Å². The Kier molecular flexibility index (Phi) is 9.04. The highest BCUT2D eigenvalue weighted by molar-refractivity contribution is 7.99. The van der Waals surface area contributed by atoms with Gasteiger partial charge in [0.25, 0.3) is 11.6 Å².